The number of carbonyl (C=O) groups excluding carboxylic acids is 1. The van der Waals surface area contributed by atoms with E-state index < -0.39 is 0 Å². The van der Waals surface area contributed by atoms with Gasteiger partial charge in [0, 0.05) is 23.6 Å². The molecule has 0 fully saturated rings. The van der Waals surface area contributed by atoms with Crippen LogP contribution >= 0.6 is 0 Å². The highest BCUT2D eigenvalue weighted by Crippen LogP contribution is 2.35. The number of nitrogens with zero attached hydrogens (tertiary/aromatic N) is 1. The van der Waals surface area contributed by atoms with Crippen molar-refractivity contribution in [3.05, 3.63) is 65.9 Å². The van der Waals surface area contributed by atoms with Gasteiger partial charge in [0.05, 0.1) is 0 Å². The third-order valence-electron chi connectivity index (χ3n) is 4.82. The molecular weight excluding hydrogens is 356 g/mol. The molecule has 0 saturated carbocycles. The largest absolute Gasteiger partial charge is 0.486 e. The molecule has 6 nitrogen and oxygen atoms in total. The van der Waals surface area contributed by atoms with E-state index in [1.54, 1.807) is 6.07 Å². The molecule has 0 radical (unpaired) electrons. The van der Waals surface area contributed by atoms with Crippen LogP contribution in [0.25, 0.3) is 11.3 Å². The first-order valence-electron chi connectivity index (χ1n) is 9.23. The van der Waals surface area contributed by atoms with Crippen LogP contribution in [0.4, 0.5) is 0 Å². The van der Waals surface area contributed by atoms with E-state index in [1.165, 1.54) is 0 Å². The maximum atomic E-state index is 12.5. The Morgan fingerprint density at radius 2 is 1.79 bits per heavy atom. The second-order valence-corrected chi connectivity index (χ2v) is 7.37. The lowest BCUT2D eigenvalue weighted by atomic mass is 9.84. The number of fused-ring (bicyclic) bond motifs is 1. The Morgan fingerprint density at radius 1 is 1.04 bits per heavy atom. The number of amides is 1. The first-order chi connectivity index (χ1) is 13.5. The van der Waals surface area contributed by atoms with Crippen LogP contribution < -0.4 is 14.8 Å². The Bertz CT molecular complexity index is 979. The topological polar surface area (TPSA) is 73.6 Å². The lowest BCUT2D eigenvalue weighted by Crippen LogP contribution is -2.36. The number of ether oxygens (including phenoxy) is 2. The molecule has 0 saturated heterocycles. The summed E-state index contributed by atoms with van der Waals surface area (Å²) in [5.41, 5.74) is 2.30. The molecule has 1 aliphatic heterocycles. The Morgan fingerprint density at radius 3 is 2.57 bits per heavy atom. The average Bonchev–Trinajstić information content (AvgIpc) is 3.23. The van der Waals surface area contributed by atoms with Gasteiger partial charge in [0.15, 0.2) is 11.5 Å². The second kappa shape index (κ2) is 7.38. The lowest BCUT2D eigenvalue weighted by molar-refractivity contribution is 0.0908. The van der Waals surface area contributed by atoms with Crippen LogP contribution in [0.1, 0.15) is 30.0 Å². The van der Waals surface area contributed by atoms with Crippen molar-refractivity contribution in [1.29, 1.82) is 0 Å². The Balaban J connectivity index is 1.43. The summed E-state index contributed by atoms with van der Waals surface area (Å²) in [5.74, 6) is 1.40. The van der Waals surface area contributed by atoms with Gasteiger partial charge in [-0.15, -0.1) is 0 Å². The first kappa shape index (κ1) is 18.1. The summed E-state index contributed by atoms with van der Waals surface area (Å²) in [6, 6.07) is 17.1. The fourth-order valence-electron chi connectivity index (χ4n) is 3.08. The predicted octanol–water partition coefficient (Wildman–Crippen LogP) is 3.82. The van der Waals surface area contributed by atoms with Crippen molar-refractivity contribution < 1.29 is 18.8 Å². The minimum Gasteiger partial charge on any atom is -0.486 e. The molecule has 0 spiro atoms. The van der Waals surface area contributed by atoms with Gasteiger partial charge in [-0.05, 0) is 17.7 Å². The van der Waals surface area contributed by atoms with E-state index in [-0.39, 0.29) is 17.1 Å². The van der Waals surface area contributed by atoms with Crippen LogP contribution in [0.2, 0.25) is 0 Å². The number of benzene rings is 2. The summed E-state index contributed by atoms with van der Waals surface area (Å²) in [4.78, 5) is 12.5. The molecule has 144 valence electrons. The fourth-order valence-corrected chi connectivity index (χ4v) is 3.08. The molecule has 1 aliphatic rings. The quantitative estimate of drug-likeness (QED) is 0.731. The van der Waals surface area contributed by atoms with E-state index in [9.17, 15) is 4.79 Å². The van der Waals surface area contributed by atoms with Gasteiger partial charge < -0.3 is 19.3 Å². The summed E-state index contributed by atoms with van der Waals surface area (Å²) < 4.78 is 16.5. The zero-order chi connectivity index (χ0) is 19.6. The van der Waals surface area contributed by atoms with E-state index in [0.29, 0.717) is 25.5 Å². The first-order valence-corrected chi connectivity index (χ1v) is 9.23. The number of nitrogens with one attached hydrogen (secondary N) is 1. The highest BCUT2D eigenvalue weighted by atomic mass is 16.6. The van der Waals surface area contributed by atoms with Crippen molar-refractivity contribution >= 4 is 5.91 Å². The molecule has 0 bridgehead atoms. The molecule has 2 aromatic carbocycles. The minimum absolute atomic E-state index is 0.192. The third-order valence-corrected chi connectivity index (χ3v) is 4.82. The van der Waals surface area contributed by atoms with Gasteiger partial charge in [-0.1, -0.05) is 55.4 Å². The highest BCUT2D eigenvalue weighted by Gasteiger charge is 2.25. The van der Waals surface area contributed by atoms with Gasteiger partial charge in [-0.2, -0.15) is 0 Å². The van der Waals surface area contributed by atoms with Crippen LogP contribution in [0.3, 0.4) is 0 Å². The molecule has 1 N–H and O–H groups in total. The molecule has 0 atom stereocenters. The van der Waals surface area contributed by atoms with Crippen LogP contribution in [-0.4, -0.2) is 30.8 Å². The highest BCUT2D eigenvalue weighted by molar-refractivity contribution is 5.92. The van der Waals surface area contributed by atoms with E-state index >= 15 is 0 Å². The number of rotatable bonds is 5. The zero-order valence-electron chi connectivity index (χ0n) is 15.9. The molecule has 1 amide bonds. The molecule has 4 rings (SSSR count). The van der Waals surface area contributed by atoms with Gasteiger partial charge in [-0.25, -0.2) is 0 Å². The van der Waals surface area contributed by atoms with Crippen molar-refractivity contribution in [3.63, 3.8) is 0 Å². The van der Waals surface area contributed by atoms with Gasteiger partial charge in [0.1, 0.15) is 18.9 Å². The van der Waals surface area contributed by atoms with E-state index in [1.807, 2.05) is 48.5 Å². The Kier molecular flexibility index (Phi) is 4.77. The Labute approximate surface area is 163 Å². The number of aromatic nitrogens is 1. The summed E-state index contributed by atoms with van der Waals surface area (Å²) in [7, 11) is 0. The van der Waals surface area contributed by atoms with Crippen molar-refractivity contribution in [1.82, 2.24) is 10.5 Å². The monoisotopic (exact) mass is 378 g/mol. The third kappa shape index (κ3) is 3.71. The molecule has 6 heteroatoms. The van der Waals surface area contributed by atoms with Gasteiger partial charge in [0.25, 0.3) is 5.91 Å². The molecule has 3 aromatic rings. The fraction of sp³-hybridized carbons (Fsp3) is 0.273. The second-order valence-electron chi connectivity index (χ2n) is 7.37. The van der Waals surface area contributed by atoms with Crippen molar-refractivity contribution in [2.75, 3.05) is 19.8 Å². The van der Waals surface area contributed by atoms with Crippen molar-refractivity contribution in [3.8, 4) is 22.8 Å². The van der Waals surface area contributed by atoms with E-state index in [0.717, 1.165) is 22.6 Å². The maximum absolute atomic E-state index is 12.5. The SMILES string of the molecule is CC(C)(CNC(=O)c1cc(-c2ccccc2)no1)c1ccc2c(c1)OCCO2. The van der Waals surface area contributed by atoms with E-state index in [4.69, 9.17) is 14.0 Å². The molecular formula is C22H22N2O4. The number of hydrogen-bond acceptors (Lipinski definition) is 5. The standard InChI is InChI=1S/C22H22N2O4/c1-22(2,16-8-9-18-19(12-16)27-11-10-26-18)14-23-21(25)20-13-17(24-28-20)15-6-4-3-5-7-15/h3-9,12-13H,10-11,14H2,1-2H3,(H,23,25). The van der Waals surface area contributed by atoms with Gasteiger partial charge in [0.2, 0.25) is 5.76 Å². The van der Waals surface area contributed by atoms with Gasteiger partial charge >= 0.3 is 0 Å². The average molecular weight is 378 g/mol. The van der Waals surface area contributed by atoms with Crippen molar-refractivity contribution in [2.45, 2.75) is 19.3 Å². The molecule has 0 aliphatic carbocycles. The molecule has 2 heterocycles. The predicted molar refractivity (Wildman–Crippen MR) is 105 cm³/mol. The van der Waals surface area contributed by atoms with Gasteiger partial charge in [-0.3, -0.25) is 4.79 Å². The lowest BCUT2D eigenvalue weighted by Gasteiger charge is -2.27. The normalized spacial score (nSPS) is 13.2. The summed E-state index contributed by atoms with van der Waals surface area (Å²) in [6.07, 6.45) is 0. The van der Waals surface area contributed by atoms with Crippen LogP contribution in [0.15, 0.2) is 59.1 Å². The van der Waals surface area contributed by atoms with Crippen LogP contribution in [0, 0.1) is 0 Å². The summed E-state index contributed by atoms with van der Waals surface area (Å²) in [6.45, 7) is 5.67. The Hall–Kier alpha value is -3.28. The number of hydrogen-bond donors (Lipinski definition) is 1. The summed E-state index contributed by atoms with van der Waals surface area (Å²) in [5, 5.41) is 6.93. The smallest absolute Gasteiger partial charge is 0.289 e. The van der Waals surface area contributed by atoms with Crippen molar-refractivity contribution in [2.24, 2.45) is 0 Å². The molecule has 1 aromatic heterocycles. The van der Waals surface area contributed by atoms with Crippen LogP contribution in [-0.2, 0) is 5.41 Å². The summed E-state index contributed by atoms with van der Waals surface area (Å²) >= 11 is 0. The number of carbonyl (C=O) groups is 1. The maximum Gasteiger partial charge on any atom is 0.289 e. The van der Waals surface area contributed by atoms with Crippen LogP contribution in [0.5, 0.6) is 11.5 Å². The zero-order valence-corrected chi connectivity index (χ0v) is 15.9. The molecule has 28 heavy (non-hydrogen) atoms. The van der Waals surface area contributed by atoms with E-state index in [2.05, 4.69) is 24.3 Å². The molecule has 0 unspecified atom stereocenters. The minimum atomic E-state index is -0.298.